The summed E-state index contributed by atoms with van der Waals surface area (Å²) in [4.78, 5) is 11.4. The molecule has 0 aliphatic heterocycles. The summed E-state index contributed by atoms with van der Waals surface area (Å²) >= 11 is 5.65. The van der Waals surface area contributed by atoms with Gasteiger partial charge in [0.15, 0.2) is 5.82 Å². The highest BCUT2D eigenvalue weighted by molar-refractivity contribution is 6.33. The molecule has 1 aromatic heterocycles. The average Bonchev–Trinajstić information content (AvgIpc) is 2.69. The zero-order chi connectivity index (χ0) is 14.2. The van der Waals surface area contributed by atoms with Gasteiger partial charge in [0.05, 0.1) is 16.3 Å². The minimum atomic E-state index is -4.66. The molecule has 0 radical (unpaired) electrons. The van der Waals surface area contributed by atoms with E-state index in [9.17, 15) is 18.0 Å². The Hall–Kier alpha value is -1.80. The van der Waals surface area contributed by atoms with E-state index in [0.29, 0.717) is 4.57 Å². The van der Waals surface area contributed by atoms with E-state index in [1.807, 2.05) is 0 Å². The highest BCUT2D eigenvalue weighted by atomic mass is 35.5. The van der Waals surface area contributed by atoms with E-state index in [-0.39, 0.29) is 11.5 Å². The van der Waals surface area contributed by atoms with E-state index in [0.717, 1.165) is 12.1 Å². The van der Waals surface area contributed by atoms with Crippen LogP contribution >= 0.6 is 11.6 Å². The molecule has 5 nitrogen and oxygen atoms in total. The zero-order valence-electron chi connectivity index (χ0n) is 9.11. The molecule has 0 fully saturated rings. The lowest BCUT2D eigenvalue weighted by molar-refractivity contribution is -0.137. The third-order valence-electron chi connectivity index (χ3n) is 2.34. The Balaban J connectivity index is 2.71. The second-order valence-electron chi connectivity index (χ2n) is 3.49. The summed E-state index contributed by atoms with van der Waals surface area (Å²) < 4.78 is 43.0. The number of alkyl halides is 3. The van der Waals surface area contributed by atoms with E-state index >= 15 is 0 Å². The van der Waals surface area contributed by atoms with Crippen LogP contribution in [0.15, 0.2) is 27.5 Å². The first kappa shape index (κ1) is 13.6. The zero-order valence-corrected chi connectivity index (χ0v) is 9.87. The molecule has 9 heteroatoms. The number of aromatic nitrogens is 2. The van der Waals surface area contributed by atoms with Crippen LogP contribution in [0, 0.1) is 0 Å². The molecule has 2 rings (SSSR count). The number of rotatable bonds is 2. The predicted molar refractivity (Wildman–Crippen MR) is 58.0 cm³/mol. The van der Waals surface area contributed by atoms with Crippen molar-refractivity contribution in [2.45, 2.75) is 12.8 Å². The third-order valence-corrected chi connectivity index (χ3v) is 2.73. The van der Waals surface area contributed by atoms with Crippen LogP contribution in [0.2, 0.25) is 5.02 Å². The fraction of sp³-hybridized carbons (Fsp3) is 0.200. The Morgan fingerprint density at radius 2 is 2.11 bits per heavy atom. The van der Waals surface area contributed by atoms with Gasteiger partial charge in [0.25, 0.3) is 0 Å². The number of aliphatic hydroxyl groups excluding tert-OH is 1. The number of nitrogens with zero attached hydrogens (tertiary/aromatic N) is 2. The Morgan fingerprint density at radius 3 is 2.68 bits per heavy atom. The van der Waals surface area contributed by atoms with Crippen molar-refractivity contribution < 1.29 is 22.8 Å². The van der Waals surface area contributed by atoms with Crippen molar-refractivity contribution >= 4 is 11.6 Å². The van der Waals surface area contributed by atoms with Gasteiger partial charge in [0.1, 0.15) is 6.61 Å². The molecule has 0 saturated heterocycles. The molecule has 102 valence electrons. The lowest BCUT2D eigenvalue weighted by atomic mass is 10.2. The molecule has 0 aliphatic carbocycles. The summed E-state index contributed by atoms with van der Waals surface area (Å²) in [5.41, 5.74) is -1.35. The first-order chi connectivity index (χ1) is 8.86. The molecule has 1 aromatic carbocycles. The topological polar surface area (TPSA) is 68.3 Å². The van der Waals surface area contributed by atoms with Gasteiger partial charge in [0.2, 0.25) is 0 Å². The minimum Gasteiger partial charge on any atom is -0.388 e. The van der Waals surface area contributed by atoms with E-state index in [4.69, 9.17) is 16.7 Å². The molecule has 0 bridgehead atoms. The fourth-order valence-corrected chi connectivity index (χ4v) is 1.84. The lowest BCUT2D eigenvalue weighted by Crippen LogP contribution is -2.17. The van der Waals surface area contributed by atoms with Crippen molar-refractivity contribution in [1.29, 1.82) is 0 Å². The highest BCUT2D eigenvalue weighted by Gasteiger charge is 2.34. The third kappa shape index (κ3) is 2.36. The molecular weight excluding hydrogens is 289 g/mol. The van der Waals surface area contributed by atoms with E-state index < -0.39 is 29.1 Å². The van der Waals surface area contributed by atoms with Crippen LogP contribution in [0.25, 0.3) is 5.69 Å². The quantitative estimate of drug-likeness (QED) is 0.920. The van der Waals surface area contributed by atoms with Gasteiger partial charge in [-0.2, -0.15) is 13.2 Å². The molecule has 0 saturated carbocycles. The number of hydrogen-bond acceptors (Lipinski definition) is 4. The summed E-state index contributed by atoms with van der Waals surface area (Å²) in [6.07, 6.45) is -4.66. The molecule has 0 atom stereocenters. The summed E-state index contributed by atoms with van der Waals surface area (Å²) in [7, 11) is 0. The van der Waals surface area contributed by atoms with E-state index in [1.165, 1.54) is 6.07 Å². The van der Waals surface area contributed by atoms with Gasteiger partial charge >= 0.3 is 11.9 Å². The maximum Gasteiger partial charge on any atom is 0.446 e. The van der Waals surface area contributed by atoms with E-state index in [1.54, 1.807) is 0 Å². The Morgan fingerprint density at radius 1 is 1.42 bits per heavy atom. The van der Waals surface area contributed by atoms with Crippen molar-refractivity contribution in [3.8, 4) is 5.69 Å². The normalized spacial score (nSPS) is 11.8. The molecule has 2 aromatic rings. The molecule has 0 aliphatic rings. The van der Waals surface area contributed by atoms with Crippen molar-refractivity contribution in [3.05, 3.63) is 45.2 Å². The van der Waals surface area contributed by atoms with Crippen molar-refractivity contribution in [3.63, 3.8) is 0 Å². The SMILES string of the molecule is O=c1onc(CO)n1-c1cccc(C(F)(F)F)c1Cl. The maximum atomic E-state index is 12.7. The standard InChI is InChI=1S/C10H6ClF3N2O3/c11-8-5(10(12,13)14)2-1-3-6(8)16-7(4-17)15-19-9(16)18/h1-3,17H,4H2. The Labute approximate surface area is 108 Å². The molecule has 0 spiro atoms. The van der Waals surface area contributed by atoms with Crippen molar-refractivity contribution in [2.75, 3.05) is 0 Å². The molecule has 1 heterocycles. The van der Waals surface area contributed by atoms with Crippen LogP contribution in [0.4, 0.5) is 13.2 Å². The fourth-order valence-electron chi connectivity index (χ4n) is 1.53. The molecule has 0 unspecified atom stereocenters. The van der Waals surface area contributed by atoms with Gasteiger partial charge in [-0.3, -0.25) is 4.52 Å². The van der Waals surface area contributed by atoms with Gasteiger partial charge in [0, 0.05) is 0 Å². The van der Waals surface area contributed by atoms with Crippen molar-refractivity contribution in [1.82, 2.24) is 9.72 Å². The number of benzene rings is 1. The van der Waals surface area contributed by atoms with Crippen LogP contribution in [-0.2, 0) is 12.8 Å². The van der Waals surface area contributed by atoms with Crippen molar-refractivity contribution in [2.24, 2.45) is 0 Å². The summed E-state index contributed by atoms with van der Waals surface area (Å²) in [5, 5.41) is 11.5. The number of halogens is 4. The van der Waals surface area contributed by atoms with Gasteiger partial charge in [-0.1, -0.05) is 22.8 Å². The summed E-state index contributed by atoms with van der Waals surface area (Å²) in [6, 6.07) is 3.06. The van der Waals surface area contributed by atoms with Crippen LogP contribution in [0.5, 0.6) is 0 Å². The minimum absolute atomic E-state index is 0.244. The average molecular weight is 295 g/mol. The van der Waals surface area contributed by atoms with Crippen LogP contribution < -0.4 is 5.76 Å². The largest absolute Gasteiger partial charge is 0.446 e. The van der Waals surface area contributed by atoms with Crippen LogP contribution in [-0.4, -0.2) is 14.8 Å². The first-order valence-electron chi connectivity index (χ1n) is 4.90. The maximum absolute atomic E-state index is 12.7. The van der Waals surface area contributed by atoms with Gasteiger partial charge in [-0.05, 0) is 12.1 Å². The predicted octanol–water partition coefficient (Wildman–Crippen LogP) is 1.99. The van der Waals surface area contributed by atoms with Crippen LogP contribution in [0.3, 0.4) is 0 Å². The smallest absolute Gasteiger partial charge is 0.388 e. The molecule has 1 N–H and O–H groups in total. The lowest BCUT2D eigenvalue weighted by Gasteiger charge is -2.12. The number of aliphatic hydroxyl groups is 1. The first-order valence-corrected chi connectivity index (χ1v) is 5.28. The Bertz CT molecular complexity index is 663. The second kappa shape index (κ2) is 4.71. The van der Waals surface area contributed by atoms with Gasteiger partial charge in [-0.25, -0.2) is 9.36 Å². The molecule has 19 heavy (non-hydrogen) atoms. The second-order valence-corrected chi connectivity index (χ2v) is 3.87. The van der Waals surface area contributed by atoms with Crippen LogP contribution in [0.1, 0.15) is 11.4 Å². The monoisotopic (exact) mass is 294 g/mol. The molecule has 0 amide bonds. The number of hydrogen-bond donors (Lipinski definition) is 1. The van der Waals surface area contributed by atoms with E-state index in [2.05, 4.69) is 9.68 Å². The highest BCUT2D eigenvalue weighted by Crippen LogP contribution is 2.37. The Kier molecular flexibility index (Phi) is 3.38. The summed E-state index contributed by atoms with van der Waals surface area (Å²) in [5.74, 6) is -1.28. The van der Waals surface area contributed by atoms with Gasteiger partial charge in [-0.15, -0.1) is 0 Å². The van der Waals surface area contributed by atoms with Gasteiger partial charge < -0.3 is 5.11 Å². The summed E-state index contributed by atoms with van der Waals surface area (Å²) in [6.45, 7) is -0.682. The molecular formula is C10H6ClF3N2O3.